The Morgan fingerprint density at radius 1 is 1.35 bits per heavy atom. The van der Waals surface area contributed by atoms with Gasteiger partial charge in [0, 0.05) is 11.6 Å². The quantitative estimate of drug-likeness (QED) is 0.850. The number of carbonyl (C=O) groups is 1. The van der Waals surface area contributed by atoms with Crippen LogP contribution in [0, 0.1) is 5.41 Å². The molecule has 1 aromatic carbocycles. The Morgan fingerprint density at radius 3 is 2.29 bits per heavy atom. The average Bonchev–Trinajstić information content (AvgIpc) is 2.25. The summed E-state index contributed by atoms with van der Waals surface area (Å²) >= 11 is 0. The summed E-state index contributed by atoms with van der Waals surface area (Å²) in [5, 5.41) is 9.06. The minimum absolute atomic E-state index is 0.190. The van der Waals surface area contributed by atoms with Crippen LogP contribution in [0.25, 0.3) is 0 Å². The van der Waals surface area contributed by atoms with Crippen molar-refractivity contribution >= 4 is 5.97 Å². The molecule has 0 aromatic heterocycles. The lowest BCUT2D eigenvalue weighted by molar-refractivity contribution is -0.204. The first-order chi connectivity index (χ1) is 7.90. The van der Waals surface area contributed by atoms with Crippen LogP contribution in [0.1, 0.15) is 18.4 Å². The number of carboxylic acids is 1. The second-order valence-corrected chi connectivity index (χ2v) is 4.50. The molecule has 1 aliphatic rings. The van der Waals surface area contributed by atoms with Gasteiger partial charge in [0.2, 0.25) is 0 Å². The lowest BCUT2D eigenvalue weighted by atomic mass is 9.60. The lowest BCUT2D eigenvalue weighted by Gasteiger charge is -2.47. The zero-order chi connectivity index (χ0) is 12.7. The molecule has 1 fully saturated rings. The van der Waals surface area contributed by atoms with E-state index in [4.69, 9.17) is 10.8 Å². The molecule has 1 aliphatic carbocycles. The van der Waals surface area contributed by atoms with E-state index in [0.717, 1.165) is 0 Å². The summed E-state index contributed by atoms with van der Waals surface area (Å²) in [6, 6.07) is 6.58. The topological polar surface area (TPSA) is 63.3 Å². The minimum atomic E-state index is -3.39. The summed E-state index contributed by atoms with van der Waals surface area (Å²) in [6.07, 6.45) is -0.381. The average molecular weight is 241 g/mol. The Balaban J connectivity index is 2.40. The molecule has 3 nitrogen and oxygen atoms in total. The van der Waals surface area contributed by atoms with Crippen LogP contribution in [-0.2, 0) is 10.7 Å². The first-order valence-electron chi connectivity index (χ1n) is 5.32. The van der Waals surface area contributed by atoms with Gasteiger partial charge in [0.1, 0.15) is 5.41 Å². The van der Waals surface area contributed by atoms with E-state index in [1.165, 1.54) is 24.3 Å². The maximum absolute atomic E-state index is 14.2. The molecule has 0 bridgehead atoms. The van der Waals surface area contributed by atoms with Gasteiger partial charge in [0.15, 0.2) is 0 Å². The molecule has 0 radical (unpaired) electrons. The number of nitrogens with two attached hydrogens (primary N) is 1. The van der Waals surface area contributed by atoms with E-state index in [9.17, 15) is 13.6 Å². The first-order valence-corrected chi connectivity index (χ1v) is 5.32. The monoisotopic (exact) mass is 241 g/mol. The summed E-state index contributed by atoms with van der Waals surface area (Å²) in [4.78, 5) is 11.1. The Hall–Kier alpha value is -1.49. The molecule has 0 spiro atoms. The second kappa shape index (κ2) is 3.77. The largest absolute Gasteiger partial charge is 0.481 e. The molecule has 3 N–H and O–H groups in total. The van der Waals surface area contributed by atoms with Gasteiger partial charge in [-0.15, -0.1) is 0 Å². The molecule has 92 valence electrons. The molecule has 1 saturated carbocycles. The van der Waals surface area contributed by atoms with Crippen molar-refractivity contribution in [3.05, 3.63) is 35.9 Å². The Kier molecular flexibility index (Phi) is 2.66. The molecule has 17 heavy (non-hydrogen) atoms. The van der Waals surface area contributed by atoms with Crippen molar-refractivity contribution in [2.24, 2.45) is 11.1 Å². The summed E-state index contributed by atoms with van der Waals surface area (Å²) in [5.74, 6) is -4.87. The maximum Gasteiger partial charge on any atom is 0.316 e. The van der Waals surface area contributed by atoms with E-state index >= 15 is 0 Å². The van der Waals surface area contributed by atoms with Gasteiger partial charge in [-0.05, 0) is 12.8 Å². The molecule has 0 saturated heterocycles. The second-order valence-electron chi connectivity index (χ2n) is 4.50. The van der Waals surface area contributed by atoms with Crippen LogP contribution >= 0.6 is 0 Å². The summed E-state index contributed by atoms with van der Waals surface area (Å²) in [6.45, 7) is 0. The van der Waals surface area contributed by atoms with Crippen molar-refractivity contribution < 1.29 is 18.7 Å². The van der Waals surface area contributed by atoms with E-state index in [1.54, 1.807) is 6.07 Å². The zero-order valence-corrected chi connectivity index (χ0v) is 9.07. The van der Waals surface area contributed by atoms with Crippen molar-refractivity contribution in [3.63, 3.8) is 0 Å². The van der Waals surface area contributed by atoms with Gasteiger partial charge in [0.05, 0.1) is 0 Å². The van der Waals surface area contributed by atoms with Crippen LogP contribution in [0.2, 0.25) is 0 Å². The third-order valence-corrected chi connectivity index (χ3v) is 3.37. The van der Waals surface area contributed by atoms with E-state index in [0.29, 0.717) is 0 Å². The van der Waals surface area contributed by atoms with Gasteiger partial charge in [-0.25, -0.2) is 8.78 Å². The van der Waals surface area contributed by atoms with Gasteiger partial charge in [-0.2, -0.15) is 0 Å². The highest BCUT2D eigenvalue weighted by Crippen LogP contribution is 2.56. The highest BCUT2D eigenvalue weighted by Gasteiger charge is 2.65. The van der Waals surface area contributed by atoms with Gasteiger partial charge in [-0.3, -0.25) is 4.79 Å². The number of rotatable bonds is 3. The van der Waals surface area contributed by atoms with Crippen LogP contribution in [0.4, 0.5) is 8.78 Å². The zero-order valence-electron chi connectivity index (χ0n) is 9.07. The SMILES string of the molecule is NC1CC(C(=O)O)(C(F)(F)c2ccccc2)C1. The molecule has 0 aliphatic heterocycles. The number of hydrogen-bond donors (Lipinski definition) is 2. The van der Waals surface area contributed by atoms with Crippen molar-refractivity contribution in [2.45, 2.75) is 24.8 Å². The molecule has 0 atom stereocenters. The molecular weight excluding hydrogens is 228 g/mol. The molecule has 0 amide bonds. The van der Waals surface area contributed by atoms with E-state index < -0.39 is 23.3 Å². The number of halogens is 2. The summed E-state index contributed by atoms with van der Waals surface area (Å²) in [5.41, 5.74) is 3.15. The number of alkyl halides is 2. The molecule has 5 heteroatoms. The Bertz CT molecular complexity index is 427. The smallest absolute Gasteiger partial charge is 0.316 e. The fourth-order valence-electron chi connectivity index (χ4n) is 2.32. The van der Waals surface area contributed by atoms with Gasteiger partial charge < -0.3 is 10.8 Å². The van der Waals surface area contributed by atoms with E-state index in [-0.39, 0.29) is 18.4 Å². The van der Waals surface area contributed by atoms with Crippen LogP contribution in [-0.4, -0.2) is 17.1 Å². The minimum Gasteiger partial charge on any atom is -0.481 e. The van der Waals surface area contributed by atoms with Crippen molar-refractivity contribution in [1.29, 1.82) is 0 Å². The van der Waals surface area contributed by atoms with E-state index in [2.05, 4.69) is 0 Å². The molecular formula is C12H13F2NO2. The summed E-state index contributed by atoms with van der Waals surface area (Å²) < 4.78 is 28.5. The third-order valence-electron chi connectivity index (χ3n) is 3.37. The van der Waals surface area contributed by atoms with Crippen molar-refractivity contribution in [3.8, 4) is 0 Å². The van der Waals surface area contributed by atoms with Gasteiger partial charge in [0.25, 0.3) is 5.92 Å². The highest BCUT2D eigenvalue weighted by molar-refractivity contribution is 5.78. The number of carboxylic acid groups (broad SMARTS) is 1. The predicted octanol–water partition coefficient (Wildman–Crippen LogP) is 1.97. The van der Waals surface area contributed by atoms with Gasteiger partial charge in [-0.1, -0.05) is 30.3 Å². The van der Waals surface area contributed by atoms with Crippen LogP contribution < -0.4 is 5.73 Å². The standard InChI is InChI=1S/C12H13F2NO2/c13-12(14,8-4-2-1-3-5-8)11(10(16)17)6-9(15)7-11/h1-5,9H,6-7,15H2,(H,16,17). The lowest BCUT2D eigenvalue weighted by Crippen LogP contribution is -2.59. The third kappa shape index (κ3) is 1.61. The number of benzene rings is 1. The van der Waals surface area contributed by atoms with Crippen LogP contribution in [0.5, 0.6) is 0 Å². The highest BCUT2D eigenvalue weighted by atomic mass is 19.3. The predicted molar refractivity (Wildman–Crippen MR) is 57.6 cm³/mol. The fourth-order valence-corrected chi connectivity index (χ4v) is 2.32. The number of hydrogen-bond acceptors (Lipinski definition) is 2. The Labute approximate surface area is 97.2 Å². The first kappa shape index (κ1) is 12.0. The molecule has 0 heterocycles. The molecule has 0 unspecified atom stereocenters. The van der Waals surface area contributed by atoms with Gasteiger partial charge >= 0.3 is 5.97 Å². The normalized spacial score (nSPS) is 28.5. The number of aliphatic carboxylic acids is 1. The van der Waals surface area contributed by atoms with E-state index in [1.807, 2.05) is 0 Å². The van der Waals surface area contributed by atoms with Crippen molar-refractivity contribution in [1.82, 2.24) is 0 Å². The maximum atomic E-state index is 14.2. The van der Waals surface area contributed by atoms with Crippen molar-refractivity contribution in [2.75, 3.05) is 0 Å². The molecule has 2 rings (SSSR count). The fraction of sp³-hybridized carbons (Fsp3) is 0.417. The molecule has 1 aromatic rings. The Morgan fingerprint density at radius 2 is 1.88 bits per heavy atom. The van der Waals surface area contributed by atoms with Crippen LogP contribution in [0.3, 0.4) is 0 Å². The van der Waals surface area contributed by atoms with Crippen LogP contribution in [0.15, 0.2) is 30.3 Å². The summed E-state index contributed by atoms with van der Waals surface area (Å²) in [7, 11) is 0.